The van der Waals surface area contributed by atoms with Gasteiger partial charge in [0.2, 0.25) is 0 Å². The van der Waals surface area contributed by atoms with Crippen molar-refractivity contribution in [3.8, 4) is 11.3 Å². The number of fused-ring (bicyclic) bond motifs is 3. The number of nitrogens with zero attached hydrogens (tertiary/aromatic N) is 1. The highest BCUT2D eigenvalue weighted by molar-refractivity contribution is 7.25. The lowest BCUT2D eigenvalue weighted by atomic mass is 10.1. The number of pyridine rings is 1. The van der Waals surface area contributed by atoms with Gasteiger partial charge in [-0.1, -0.05) is 48.5 Å². The quantitative estimate of drug-likeness (QED) is 0.463. The fourth-order valence-corrected chi connectivity index (χ4v) is 3.45. The molecule has 0 aliphatic heterocycles. The number of thiophene rings is 1. The molecule has 0 atom stereocenters. The van der Waals surface area contributed by atoms with Gasteiger partial charge in [0.05, 0.1) is 5.69 Å². The van der Waals surface area contributed by atoms with Crippen LogP contribution >= 0.6 is 11.3 Å². The van der Waals surface area contributed by atoms with Crippen molar-refractivity contribution in [3.05, 3.63) is 66.7 Å². The Morgan fingerprint density at radius 3 is 2.37 bits per heavy atom. The van der Waals surface area contributed by atoms with Crippen LogP contribution in [0.25, 0.3) is 31.6 Å². The monoisotopic (exact) mass is 261 g/mol. The zero-order valence-corrected chi connectivity index (χ0v) is 11.0. The molecule has 0 saturated carbocycles. The van der Waals surface area contributed by atoms with E-state index < -0.39 is 0 Å². The minimum atomic E-state index is 1.04. The van der Waals surface area contributed by atoms with Crippen LogP contribution in [-0.4, -0.2) is 4.98 Å². The Labute approximate surface area is 115 Å². The molecule has 0 N–H and O–H groups in total. The lowest BCUT2D eigenvalue weighted by molar-refractivity contribution is 1.43. The van der Waals surface area contributed by atoms with Crippen LogP contribution in [0.1, 0.15) is 0 Å². The molecule has 1 nitrogen and oxygen atoms in total. The van der Waals surface area contributed by atoms with Gasteiger partial charge < -0.3 is 0 Å². The topological polar surface area (TPSA) is 12.9 Å². The van der Waals surface area contributed by atoms with Crippen molar-refractivity contribution >= 4 is 31.6 Å². The summed E-state index contributed by atoms with van der Waals surface area (Å²) in [5.41, 5.74) is 2.21. The number of hydrogen-bond acceptors (Lipinski definition) is 2. The zero-order valence-electron chi connectivity index (χ0n) is 10.2. The summed E-state index contributed by atoms with van der Waals surface area (Å²) in [5.74, 6) is 0. The van der Waals surface area contributed by atoms with Crippen molar-refractivity contribution in [2.45, 2.75) is 0 Å². The lowest BCUT2D eigenvalue weighted by Crippen LogP contribution is -1.81. The summed E-state index contributed by atoms with van der Waals surface area (Å²) < 4.78 is 1.30. The van der Waals surface area contributed by atoms with Crippen molar-refractivity contribution in [2.75, 3.05) is 0 Å². The van der Waals surface area contributed by atoms with Gasteiger partial charge in [-0.25, -0.2) is 4.98 Å². The van der Waals surface area contributed by atoms with Gasteiger partial charge >= 0.3 is 0 Å². The number of benzene rings is 2. The van der Waals surface area contributed by atoms with Gasteiger partial charge in [0.25, 0.3) is 0 Å². The molecular formula is C17H11NS. The van der Waals surface area contributed by atoms with E-state index in [1.165, 1.54) is 21.0 Å². The standard InChI is InChI=1S/C17H11NS/c1-2-6-12(7-3-1)15-11-10-14-13-8-4-5-9-16(13)19-17(14)18-15/h1-11H. The minimum absolute atomic E-state index is 1.04. The Balaban J connectivity index is 1.99. The summed E-state index contributed by atoms with van der Waals surface area (Å²) in [5, 5.41) is 2.55. The van der Waals surface area contributed by atoms with E-state index in [0.29, 0.717) is 0 Å². The second kappa shape index (κ2) is 4.18. The molecule has 0 amide bonds. The summed E-state index contributed by atoms with van der Waals surface area (Å²) in [6.45, 7) is 0. The number of hydrogen-bond donors (Lipinski definition) is 0. The van der Waals surface area contributed by atoms with E-state index in [1.807, 2.05) is 18.2 Å². The van der Waals surface area contributed by atoms with Crippen LogP contribution < -0.4 is 0 Å². The summed E-state index contributed by atoms with van der Waals surface area (Å²) in [6.07, 6.45) is 0. The average Bonchev–Trinajstić information content (AvgIpc) is 2.86. The molecule has 19 heavy (non-hydrogen) atoms. The van der Waals surface area contributed by atoms with E-state index in [9.17, 15) is 0 Å². The average molecular weight is 261 g/mol. The Hall–Kier alpha value is -2.19. The van der Waals surface area contributed by atoms with Crippen molar-refractivity contribution in [2.24, 2.45) is 0 Å². The summed E-state index contributed by atoms with van der Waals surface area (Å²) >= 11 is 1.76. The van der Waals surface area contributed by atoms with Crippen LogP contribution in [0.15, 0.2) is 66.7 Å². The van der Waals surface area contributed by atoms with Crippen molar-refractivity contribution in [3.63, 3.8) is 0 Å². The van der Waals surface area contributed by atoms with Gasteiger partial charge in [-0.05, 0) is 18.2 Å². The molecule has 4 aromatic rings. The van der Waals surface area contributed by atoms with E-state index in [-0.39, 0.29) is 0 Å². The highest BCUT2D eigenvalue weighted by atomic mass is 32.1. The summed E-state index contributed by atoms with van der Waals surface area (Å²) in [6, 6.07) is 23.1. The van der Waals surface area contributed by atoms with Gasteiger partial charge in [-0.2, -0.15) is 0 Å². The molecule has 90 valence electrons. The van der Waals surface area contributed by atoms with Gasteiger partial charge in [0.15, 0.2) is 0 Å². The van der Waals surface area contributed by atoms with E-state index in [1.54, 1.807) is 11.3 Å². The molecule has 2 aromatic heterocycles. The predicted octanol–water partition coefficient (Wildman–Crippen LogP) is 5.12. The van der Waals surface area contributed by atoms with E-state index in [2.05, 4.69) is 48.5 Å². The molecule has 0 aliphatic carbocycles. The fourth-order valence-electron chi connectivity index (χ4n) is 2.38. The highest BCUT2D eigenvalue weighted by Gasteiger charge is 2.07. The SMILES string of the molecule is c1ccc(-c2ccc3c(n2)sc2ccccc23)cc1. The predicted molar refractivity (Wildman–Crippen MR) is 82.6 cm³/mol. The molecule has 0 radical (unpaired) electrons. The summed E-state index contributed by atoms with van der Waals surface area (Å²) in [4.78, 5) is 5.91. The highest BCUT2D eigenvalue weighted by Crippen LogP contribution is 2.33. The van der Waals surface area contributed by atoms with Gasteiger partial charge in [0, 0.05) is 21.0 Å². The third kappa shape index (κ3) is 1.72. The second-order valence-electron chi connectivity index (χ2n) is 4.51. The maximum atomic E-state index is 4.80. The molecule has 0 saturated heterocycles. The Bertz CT molecular complexity index is 862. The van der Waals surface area contributed by atoms with E-state index >= 15 is 0 Å². The fraction of sp³-hybridized carbons (Fsp3) is 0. The van der Waals surface area contributed by atoms with Crippen LogP contribution in [0.3, 0.4) is 0 Å². The van der Waals surface area contributed by atoms with Crippen LogP contribution in [0, 0.1) is 0 Å². The maximum absolute atomic E-state index is 4.80. The molecule has 0 fully saturated rings. The van der Waals surface area contributed by atoms with Gasteiger partial charge in [-0.15, -0.1) is 11.3 Å². The van der Waals surface area contributed by atoms with Crippen LogP contribution in [0.5, 0.6) is 0 Å². The van der Waals surface area contributed by atoms with Crippen molar-refractivity contribution < 1.29 is 0 Å². The number of aromatic nitrogens is 1. The molecule has 0 aliphatic rings. The molecule has 4 rings (SSSR count). The Morgan fingerprint density at radius 2 is 1.47 bits per heavy atom. The molecule has 2 aromatic carbocycles. The van der Waals surface area contributed by atoms with Crippen molar-refractivity contribution in [1.29, 1.82) is 0 Å². The first-order valence-corrected chi connectivity index (χ1v) is 7.07. The third-order valence-corrected chi connectivity index (χ3v) is 4.39. The smallest absolute Gasteiger partial charge is 0.125 e. The van der Waals surface area contributed by atoms with Crippen LogP contribution in [0.2, 0.25) is 0 Å². The molecule has 0 spiro atoms. The third-order valence-electron chi connectivity index (χ3n) is 3.31. The van der Waals surface area contributed by atoms with Crippen LogP contribution in [-0.2, 0) is 0 Å². The first-order chi connectivity index (χ1) is 9.42. The van der Waals surface area contributed by atoms with Gasteiger partial charge in [-0.3, -0.25) is 0 Å². The minimum Gasteiger partial charge on any atom is -0.237 e. The molecule has 2 heterocycles. The van der Waals surface area contributed by atoms with E-state index in [0.717, 1.165) is 10.5 Å². The first kappa shape index (κ1) is 10.7. The Morgan fingerprint density at radius 1 is 0.684 bits per heavy atom. The number of rotatable bonds is 1. The van der Waals surface area contributed by atoms with Gasteiger partial charge in [0.1, 0.15) is 4.83 Å². The molecule has 0 unspecified atom stereocenters. The van der Waals surface area contributed by atoms with Crippen molar-refractivity contribution in [1.82, 2.24) is 4.98 Å². The normalized spacial score (nSPS) is 11.2. The first-order valence-electron chi connectivity index (χ1n) is 6.25. The maximum Gasteiger partial charge on any atom is 0.125 e. The molecule has 0 bridgehead atoms. The second-order valence-corrected chi connectivity index (χ2v) is 5.54. The van der Waals surface area contributed by atoms with E-state index in [4.69, 9.17) is 4.98 Å². The molecule has 2 heteroatoms. The Kier molecular flexibility index (Phi) is 2.35. The largest absolute Gasteiger partial charge is 0.237 e. The zero-order chi connectivity index (χ0) is 12.7. The van der Waals surface area contributed by atoms with Crippen LogP contribution in [0.4, 0.5) is 0 Å². The molecular weight excluding hydrogens is 250 g/mol. The summed E-state index contributed by atoms with van der Waals surface area (Å²) in [7, 11) is 0. The lowest BCUT2D eigenvalue weighted by Gasteiger charge is -2.00.